The van der Waals surface area contributed by atoms with E-state index in [4.69, 9.17) is 14.2 Å². The van der Waals surface area contributed by atoms with Gasteiger partial charge in [-0.15, -0.1) is 0 Å². The van der Waals surface area contributed by atoms with Gasteiger partial charge in [-0.05, 0) is 23.6 Å². The standard InChI is InChI=1S/C22H22N2O4/c1-26-19-9-5-8-17(21(19)27-2)22(25)24-10-11-28-20(14-24)18-12-15-6-3-4-7-16(15)13-23-18/h3-9,12-13,20H,10-11,14H2,1-2H3/t20-/m0/s1. The van der Waals surface area contributed by atoms with E-state index in [9.17, 15) is 4.79 Å². The smallest absolute Gasteiger partial charge is 0.257 e. The molecule has 0 spiro atoms. The molecule has 0 N–H and O–H groups in total. The number of benzene rings is 2. The molecule has 1 aromatic heterocycles. The number of para-hydroxylation sites is 1. The summed E-state index contributed by atoms with van der Waals surface area (Å²) in [6.07, 6.45) is 1.58. The largest absolute Gasteiger partial charge is 0.493 e. The number of morpholine rings is 1. The van der Waals surface area contributed by atoms with E-state index in [0.29, 0.717) is 36.8 Å². The molecule has 3 aromatic rings. The number of carbonyl (C=O) groups is 1. The third-order valence-electron chi connectivity index (χ3n) is 4.97. The number of hydrogen-bond acceptors (Lipinski definition) is 5. The predicted molar refractivity (Wildman–Crippen MR) is 106 cm³/mol. The highest BCUT2D eigenvalue weighted by atomic mass is 16.5. The van der Waals surface area contributed by atoms with Crippen LogP contribution >= 0.6 is 0 Å². The van der Waals surface area contributed by atoms with Gasteiger partial charge in [0.2, 0.25) is 0 Å². The summed E-state index contributed by atoms with van der Waals surface area (Å²) >= 11 is 0. The summed E-state index contributed by atoms with van der Waals surface area (Å²) in [7, 11) is 3.10. The van der Waals surface area contributed by atoms with Gasteiger partial charge < -0.3 is 19.1 Å². The molecule has 144 valence electrons. The Morgan fingerprint density at radius 3 is 2.71 bits per heavy atom. The minimum absolute atomic E-state index is 0.107. The van der Waals surface area contributed by atoms with Crippen molar-refractivity contribution in [1.82, 2.24) is 9.88 Å². The van der Waals surface area contributed by atoms with Crippen molar-refractivity contribution in [3.63, 3.8) is 0 Å². The highest BCUT2D eigenvalue weighted by Gasteiger charge is 2.29. The molecule has 0 aliphatic carbocycles. The highest BCUT2D eigenvalue weighted by Crippen LogP contribution is 2.32. The summed E-state index contributed by atoms with van der Waals surface area (Å²) in [5.74, 6) is 0.876. The monoisotopic (exact) mass is 378 g/mol. The Kier molecular flexibility index (Phi) is 5.12. The summed E-state index contributed by atoms with van der Waals surface area (Å²) in [6.45, 7) is 1.41. The van der Waals surface area contributed by atoms with Crippen molar-refractivity contribution >= 4 is 16.7 Å². The van der Waals surface area contributed by atoms with Crippen molar-refractivity contribution in [3.05, 3.63) is 66.0 Å². The van der Waals surface area contributed by atoms with Gasteiger partial charge in [-0.2, -0.15) is 0 Å². The van der Waals surface area contributed by atoms with Crippen molar-refractivity contribution in [1.29, 1.82) is 0 Å². The Balaban J connectivity index is 1.59. The summed E-state index contributed by atoms with van der Waals surface area (Å²) < 4.78 is 16.7. The van der Waals surface area contributed by atoms with Gasteiger partial charge in [0.05, 0.1) is 38.6 Å². The van der Waals surface area contributed by atoms with Gasteiger partial charge in [-0.3, -0.25) is 9.78 Å². The van der Waals surface area contributed by atoms with Gasteiger partial charge >= 0.3 is 0 Å². The Morgan fingerprint density at radius 1 is 1.11 bits per heavy atom. The van der Waals surface area contributed by atoms with Gasteiger partial charge in [0.1, 0.15) is 6.10 Å². The number of amides is 1. The third kappa shape index (κ3) is 3.39. The number of hydrogen-bond donors (Lipinski definition) is 0. The molecule has 1 fully saturated rings. The minimum Gasteiger partial charge on any atom is -0.493 e. The van der Waals surface area contributed by atoms with Crippen molar-refractivity contribution in [2.75, 3.05) is 33.9 Å². The molecule has 2 aromatic carbocycles. The fraction of sp³-hybridized carbons (Fsp3) is 0.273. The highest BCUT2D eigenvalue weighted by molar-refractivity contribution is 5.98. The Hall–Kier alpha value is -3.12. The van der Waals surface area contributed by atoms with Crippen LogP contribution < -0.4 is 9.47 Å². The molecular weight excluding hydrogens is 356 g/mol. The second-order valence-electron chi connectivity index (χ2n) is 6.61. The Morgan fingerprint density at radius 2 is 1.93 bits per heavy atom. The molecule has 1 aliphatic heterocycles. The molecule has 0 radical (unpaired) electrons. The van der Waals surface area contributed by atoms with Gasteiger partial charge in [-0.25, -0.2) is 0 Å². The topological polar surface area (TPSA) is 60.9 Å². The number of ether oxygens (including phenoxy) is 3. The summed E-state index contributed by atoms with van der Waals surface area (Å²) in [6, 6.07) is 15.4. The molecule has 4 rings (SSSR count). The van der Waals surface area contributed by atoms with Crippen molar-refractivity contribution in [2.45, 2.75) is 6.10 Å². The first-order valence-electron chi connectivity index (χ1n) is 9.18. The van der Waals surface area contributed by atoms with Crippen molar-refractivity contribution < 1.29 is 19.0 Å². The molecular formula is C22H22N2O4. The van der Waals surface area contributed by atoms with Crippen LogP contribution in [-0.4, -0.2) is 49.7 Å². The fourth-order valence-corrected chi connectivity index (χ4v) is 3.52. The van der Waals surface area contributed by atoms with E-state index in [-0.39, 0.29) is 12.0 Å². The normalized spacial score (nSPS) is 16.8. The number of carbonyl (C=O) groups excluding carboxylic acids is 1. The molecule has 6 heteroatoms. The van der Waals surface area contributed by atoms with E-state index >= 15 is 0 Å². The van der Waals surface area contributed by atoms with E-state index < -0.39 is 0 Å². The fourth-order valence-electron chi connectivity index (χ4n) is 3.52. The van der Waals surface area contributed by atoms with Crippen LogP contribution in [0.2, 0.25) is 0 Å². The lowest BCUT2D eigenvalue weighted by atomic mass is 10.1. The van der Waals surface area contributed by atoms with Gasteiger partial charge in [0, 0.05) is 18.1 Å². The third-order valence-corrected chi connectivity index (χ3v) is 4.97. The molecule has 1 saturated heterocycles. The summed E-state index contributed by atoms with van der Waals surface area (Å²) in [5.41, 5.74) is 1.31. The molecule has 1 atom stereocenters. The van der Waals surface area contributed by atoms with E-state index in [2.05, 4.69) is 4.98 Å². The van der Waals surface area contributed by atoms with Gasteiger partial charge in [-0.1, -0.05) is 30.3 Å². The number of rotatable bonds is 4. The van der Waals surface area contributed by atoms with Crippen LogP contribution in [0.1, 0.15) is 22.2 Å². The van der Waals surface area contributed by atoms with E-state index in [1.54, 1.807) is 30.2 Å². The lowest BCUT2D eigenvalue weighted by molar-refractivity contribution is -0.0247. The molecule has 6 nitrogen and oxygen atoms in total. The van der Waals surface area contributed by atoms with E-state index in [1.165, 1.54) is 7.11 Å². The maximum absolute atomic E-state index is 13.2. The molecule has 0 saturated carbocycles. The zero-order chi connectivity index (χ0) is 19.5. The summed E-state index contributed by atoms with van der Waals surface area (Å²) in [5, 5.41) is 2.19. The van der Waals surface area contributed by atoms with Crippen molar-refractivity contribution in [2.24, 2.45) is 0 Å². The first-order valence-corrected chi connectivity index (χ1v) is 9.18. The molecule has 0 bridgehead atoms. The lowest BCUT2D eigenvalue weighted by Gasteiger charge is -2.33. The first kappa shape index (κ1) is 18.3. The predicted octanol–water partition coefficient (Wildman–Crippen LogP) is 3.47. The zero-order valence-corrected chi connectivity index (χ0v) is 15.9. The second-order valence-corrected chi connectivity index (χ2v) is 6.61. The minimum atomic E-state index is -0.265. The first-order chi connectivity index (χ1) is 13.7. The average Bonchev–Trinajstić information content (AvgIpc) is 2.77. The maximum atomic E-state index is 13.2. The number of fused-ring (bicyclic) bond motifs is 1. The number of pyridine rings is 1. The van der Waals surface area contributed by atoms with Crippen LogP contribution in [0.25, 0.3) is 10.8 Å². The molecule has 0 unspecified atom stereocenters. The van der Waals surface area contributed by atoms with Crippen LogP contribution in [-0.2, 0) is 4.74 Å². The van der Waals surface area contributed by atoms with Crippen molar-refractivity contribution in [3.8, 4) is 11.5 Å². The average molecular weight is 378 g/mol. The Bertz CT molecular complexity index is 1000. The van der Waals surface area contributed by atoms with Crippen LogP contribution in [0, 0.1) is 0 Å². The van der Waals surface area contributed by atoms with Crippen LogP contribution in [0.15, 0.2) is 54.7 Å². The molecule has 2 heterocycles. The van der Waals surface area contributed by atoms with E-state index in [0.717, 1.165) is 16.5 Å². The van der Waals surface area contributed by atoms with Crippen LogP contribution in [0.3, 0.4) is 0 Å². The second kappa shape index (κ2) is 7.86. The van der Waals surface area contributed by atoms with Crippen LogP contribution in [0.5, 0.6) is 11.5 Å². The number of nitrogens with zero attached hydrogens (tertiary/aromatic N) is 2. The lowest BCUT2D eigenvalue weighted by Crippen LogP contribution is -2.42. The number of aromatic nitrogens is 1. The summed E-state index contributed by atoms with van der Waals surface area (Å²) in [4.78, 5) is 19.5. The molecule has 1 amide bonds. The number of methoxy groups -OCH3 is 2. The SMILES string of the molecule is COc1cccc(C(=O)N2CCO[C@H](c3cc4ccccc4cn3)C2)c1OC. The van der Waals surface area contributed by atoms with Crippen LogP contribution in [0.4, 0.5) is 0 Å². The van der Waals surface area contributed by atoms with E-state index in [1.807, 2.05) is 36.5 Å². The quantitative estimate of drug-likeness (QED) is 0.696. The molecule has 28 heavy (non-hydrogen) atoms. The Labute approximate surface area is 163 Å². The molecule has 1 aliphatic rings. The van der Waals surface area contributed by atoms with Gasteiger partial charge in [0.15, 0.2) is 11.5 Å². The zero-order valence-electron chi connectivity index (χ0n) is 15.9. The van der Waals surface area contributed by atoms with Gasteiger partial charge in [0.25, 0.3) is 5.91 Å². The maximum Gasteiger partial charge on any atom is 0.257 e.